The lowest BCUT2D eigenvalue weighted by molar-refractivity contribution is 0.0701. The van der Waals surface area contributed by atoms with Gasteiger partial charge in [0, 0.05) is 36.3 Å². The summed E-state index contributed by atoms with van der Waals surface area (Å²) in [4.78, 5) is 14.8. The third-order valence-electron chi connectivity index (χ3n) is 4.31. The molecule has 3 rings (SSSR count). The molecule has 0 spiro atoms. The summed E-state index contributed by atoms with van der Waals surface area (Å²) >= 11 is 3.44. The number of likely N-dealkylation sites (tertiary alicyclic amines) is 1. The standard InChI is InChI=1S/C14H20BrN3O/c1-17-9-10(15)8-13(17)14(19)18-7-3-5-12(18)11-4-2-6-16-11/h8-9,11-12,16H,2-7H2,1H3. The SMILES string of the molecule is Cn1cc(Br)cc1C(=O)N1CCCC1C1CCCN1. The van der Waals surface area contributed by atoms with E-state index in [1.807, 2.05) is 23.9 Å². The van der Waals surface area contributed by atoms with Crippen LogP contribution in [0.3, 0.4) is 0 Å². The van der Waals surface area contributed by atoms with Gasteiger partial charge >= 0.3 is 0 Å². The summed E-state index contributed by atoms with van der Waals surface area (Å²) in [6, 6.07) is 2.79. The maximum atomic E-state index is 12.7. The van der Waals surface area contributed by atoms with Crippen molar-refractivity contribution in [3.63, 3.8) is 0 Å². The maximum absolute atomic E-state index is 12.7. The molecule has 2 aliphatic heterocycles. The van der Waals surface area contributed by atoms with E-state index in [1.165, 1.54) is 12.8 Å². The van der Waals surface area contributed by atoms with Crippen LogP contribution in [0.2, 0.25) is 0 Å². The first kappa shape index (κ1) is 13.2. The Morgan fingerprint density at radius 3 is 2.89 bits per heavy atom. The second-order valence-corrected chi connectivity index (χ2v) is 6.48. The highest BCUT2D eigenvalue weighted by Gasteiger charge is 2.36. The van der Waals surface area contributed by atoms with Crippen LogP contribution in [0.4, 0.5) is 0 Å². The van der Waals surface area contributed by atoms with Gasteiger partial charge in [-0.15, -0.1) is 0 Å². The highest BCUT2D eigenvalue weighted by Crippen LogP contribution is 2.27. The zero-order chi connectivity index (χ0) is 13.4. The molecule has 104 valence electrons. The maximum Gasteiger partial charge on any atom is 0.270 e. The topological polar surface area (TPSA) is 37.3 Å². The summed E-state index contributed by atoms with van der Waals surface area (Å²) in [7, 11) is 1.93. The van der Waals surface area contributed by atoms with Gasteiger partial charge in [-0.2, -0.15) is 0 Å². The first-order valence-corrected chi connectivity index (χ1v) is 7.82. The average molecular weight is 326 g/mol. The first-order valence-electron chi connectivity index (χ1n) is 7.03. The minimum atomic E-state index is 0.171. The number of aryl methyl sites for hydroxylation is 1. The average Bonchev–Trinajstić information content (AvgIpc) is 3.06. The lowest BCUT2D eigenvalue weighted by Gasteiger charge is -2.29. The minimum absolute atomic E-state index is 0.171. The van der Waals surface area contributed by atoms with Crippen molar-refractivity contribution >= 4 is 21.8 Å². The number of nitrogens with one attached hydrogen (secondary N) is 1. The number of carbonyl (C=O) groups excluding carboxylic acids is 1. The zero-order valence-electron chi connectivity index (χ0n) is 11.2. The Balaban J connectivity index is 1.80. The molecule has 2 aliphatic rings. The van der Waals surface area contributed by atoms with Gasteiger partial charge in [-0.05, 0) is 54.2 Å². The van der Waals surface area contributed by atoms with Gasteiger partial charge in [-0.3, -0.25) is 4.79 Å². The molecule has 2 saturated heterocycles. The van der Waals surface area contributed by atoms with Crippen LogP contribution in [0.5, 0.6) is 0 Å². The number of halogens is 1. The fraction of sp³-hybridized carbons (Fsp3) is 0.643. The van der Waals surface area contributed by atoms with E-state index in [1.54, 1.807) is 0 Å². The molecule has 1 N–H and O–H groups in total. The third kappa shape index (κ3) is 2.46. The molecule has 1 aromatic rings. The molecule has 0 bridgehead atoms. The molecule has 5 heteroatoms. The number of aromatic nitrogens is 1. The van der Waals surface area contributed by atoms with Gasteiger partial charge in [0.25, 0.3) is 5.91 Å². The molecule has 1 aromatic heterocycles. The van der Waals surface area contributed by atoms with Crippen molar-refractivity contribution in [2.75, 3.05) is 13.1 Å². The van der Waals surface area contributed by atoms with E-state index in [4.69, 9.17) is 0 Å². The Hall–Kier alpha value is -0.810. The molecular formula is C14H20BrN3O. The summed E-state index contributed by atoms with van der Waals surface area (Å²) in [5.74, 6) is 0.171. The van der Waals surface area contributed by atoms with Crippen molar-refractivity contribution < 1.29 is 4.79 Å². The molecule has 2 atom stereocenters. The highest BCUT2D eigenvalue weighted by atomic mass is 79.9. The summed E-state index contributed by atoms with van der Waals surface area (Å²) < 4.78 is 2.87. The van der Waals surface area contributed by atoms with Crippen LogP contribution >= 0.6 is 15.9 Å². The Labute approximate surface area is 122 Å². The highest BCUT2D eigenvalue weighted by molar-refractivity contribution is 9.10. The van der Waals surface area contributed by atoms with Crippen molar-refractivity contribution in [3.05, 3.63) is 22.4 Å². The lowest BCUT2D eigenvalue weighted by atomic mass is 10.0. The molecule has 1 amide bonds. The van der Waals surface area contributed by atoms with Crippen molar-refractivity contribution in [3.8, 4) is 0 Å². The number of rotatable bonds is 2. The summed E-state index contributed by atoms with van der Waals surface area (Å²) in [6.07, 6.45) is 6.63. The molecule has 2 unspecified atom stereocenters. The van der Waals surface area contributed by atoms with E-state index in [0.717, 1.165) is 36.1 Å². The minimum Gasteiger partial charge on any atom is -0.345 e. The van der Waals surface area contributed by atoms with Gasteiger partial charge in [-0.1, -0.05) is 0 Å². The van der Waals surface area contributed by atoms with Gasteiger partial charge in [0.2, 0.25) is 0 Å². The van der Waals surface area contributed by atoms with Crippen LogP contribution in [0.25, 0.3) is 0 Å². The third-order valence-corrected chi connectivity index (χ3v) is 4.75. The van der Waals surface area contributed by atoms with E-state index < -0.39 is 0 Å². The fourth-order valence-electron chi connectivity index (χ4n) is 3.39. The van der Waals surface area contributed by atoms with Crippen molar-refractivity contribution in [2.24, 2.45) is 7.05 Å². The number of hydrogen-bond acceptors (Lipinski definition) is 2. The molecule has 0 aromatic carbocycles. The van der Waals surface area contributed by atoms with E-state index in [2.05, 4.69) is 26.1 Å². The van der Waals surface area contributed by atoms with Crippen LogP contribution in [-0.2, 0) is 7.05 Å². The fourth-order valence-corrected chi connectivity index (χ4v) is 3.91. The van der Waals surface area contributed by atoms with Crippen molar-refractivity contribution in [1.82, 2.24) is 14.8 Å². The van der Waals surface area contributed by atoms with E-state index in [-0.39, 0.29) is 5.91 Å². The number of carbonyl (C=O) groups is 1. The van der Waals surface area contributed by atoms with Crippen LogP contribution in [0.1, 0.15) is 36.2 Å². The summed E-state index contributed by atoms with van der Waals surface area (Å²) in [5, 5.41) is 3.54. The monoisotopic (exact) mass is 325 g/mol. The van der Waals surface area contributed by atoms with Gasteiger partial charge < -0.3 is 14.8 Å². The van der Waals surface area contributed by atoms with Gasteiger partial charge in [0.1, 0.15) is 5.69 Å². The smallest absolute Gasteiger partial charge is 0.270 e. The predicted octanol–water partition coefficient (Wildman–Crippen LogP) is 2.14. The number of amides is 1. The molecule has 19 heavy (non-hydrogen) atoms. The molecule has 3 heterocycles. The predicted molar refractivity (Wildman–Crippen MR) is 78.2 cm³/mol. The second-order valence-electron chi connectivity index (χ2n) is 5.57. The van der Waals surface area contributed by atoms with E-state index in [0.29, 0.717) is 12.1 Å². The molecule has 0 aliphatic carbocycles. The Bertz CT molecular complexity index is 479. The molecule has 4 nitrogen and oxygen atoms in total. The van der Waals surface area contributed by atoms with Gasteiger partial charge in [0.05, 0.1) is 0 Å². The molecule has 2 fully saturated rings. The normalized spacial score (nSPS) is 27.2. The van der Waals surface area contributed by atoms with Crippen LogP contribution in [0, 0.1) is 0 Å². The number of hydrogen-bond donors (Lipinski definition) is 1. The van der Waals surface area contributed by atoms with Crippen LogP contribution < -0.4 is 5.32 Å². The van der Waals surface area contributed by atoms with Gasteiger partial charge in [-0.25, -0.2) is 0 Å². The second kappa shape index (κ2) is 5.29. The molecule has 0 saturated carbocycles. The Kier molecular flexibility index (Phi) is 3.67. The lowest BCUT2D eigenvalue weighted by Crippen LogP contribution is -2.46. The van der Waals surface area contributed by atoms with E-state index in [9.17, 15) is 4.79 Å². The van der Waals surface area contributed by atoms with Gasteiger partial charge in [0.15, 0.2) is 0 Å². The van der Waals surface area contributed by atoms with Crippen LogP contribution in [0.15, 0.2) is 16.7 Å². The van der Waals surface area contributed by atoms with Crippen molar-refractivity contribution in [1.29, 1.82) is 0 Å². The van der Waals surface area contributed by atoms with Crippen molar-refractivity contribution in [2.45, 2.75) is 37.8 Å². The zero-order valence-corrected chi connectivity index (χ0v) is 12.8. The quantitative estimate of drug-likeness (QED) is 0.904. The Morgan fingerprint density at radius 1 is 1.42 bits per heavy atom. The van der Waals surface area contributed by atoms with Crippen LogP contribution in [-0.4, -0.2) is 40.5 Å². The molecule has 0 radical (unpaired) electrons. The number of nitrogens with zero attached hydrogens (tertiary/aromatic N) is 2. The Morgan fingerprint density at radius 2 is 2.26 bits per heavy atom. The largest absolute Gasteiger partial charge is 0.345 e. The summed E-state index contributed by atoms with van der Waals surface area (Å²) in [6.45, 7) is 1.99. The van der Waals surface area contributed by atoms with E-state index >= 15 is 0 Å². The summed E-state index contributed by atoms with van der Waals surface area (Å²) in [5.41, 5.74) is 0.775. The molecular weight excluding hydrogens is 306 g/mol. The first-order chi connectivity index (χ1) is 9.16.